The first-order valence-corrected chi connectivity index (χ1v) is 7.69. The van der Waals surface area contributed by atoms with Gasteiger partial charge in [0.15, 0.2) is 5.82 Å². The SMILES string of the molecule is COc1ccc(N2CCCC(C(=O)NCc3ccco3)C2)nn1. The Morgan fingerprint density at radius 3 is 3.04 bits per heavy atom. The summed E-state index contributed by atoms with van der Waals surface area (Å²) in [6.45, 7) is 1.94. The maximum absolute atomic E-state index is 12.3. The number of methoxy groups -OCH3 is 1. The summed E-state index contributed by atoms with van der Waals surface area (Å²) >= 11 is 0. The lowest BCUT2D eigenvalue weighted by molar-refractivity contribution is -0.125. The van der Waals surface area contributed by atoms with E-state index in [1.807, 2.05) is 18.2 Å². The number of rotatable bonds is 5. The summed E-state index contributed by atoms with van der Waals surface area (Å²) < 4.78 is 10.2. The van der Waals surface area contributed by atoms with Crippen LogP contribution in [0.1, 0.15) is 18.6 Å². The van der Waals surface area contributed by atoms with Gasteiger partial charge in [-0.15, -0.1) is 10.2 Å². The Labute approximate surface area is 134 Å². The van der Waals surface area contributed by atoms with E-state index in [0.717, 1.165) is 31.0 Å². The van der Waals surface area contributed by atoms with E-state index in [4.69, 9.17) is 9.15 Å². The molecule has 1 N–H and O–H groups in total. The number of amides is 1. The van der Waals surface area contributed by atoms with Crippen LogP contribution in [-0.4, -0.2) is 36.3 Å². The molecule has 1 fully saturated rings. The second-order valence-corrected chi connectivity index (χ2v) is 5.52. The van der Waals surface area contributed by atoms with Crippen LogP contribution < -0.4 is 15.0 Å². The van der Waals surface area contributed by atoms with Gasteiger partial charge in [0.1, 0.15) is 5.76 Å². The van der Waals surface area contributed by atoms with Crippen LogP contribution in [0.5, 0.6) is 5.88 Å². The fraction of sp³-hybridized carbons (Fsp3) is 0.438. The fourth-order valence-corrected chi connectivity index (χ4v) is 2.72. The number of nitrogens with one attached hydrogen (secondary N) is 1. The largest absolute Gasteiger partial charge is 0.480 e. The molecule has 0 saturated carbocycles. The van der Waals surface area contributed by atoms with Crippen molar-refractivity contribution in [2.45, 2.75) is 19.4 Å². The number of hydrogen-bond donors (Lipinski definition) is 1. The normalized spacial score (nSPS) is 17.8. The number of hydrogen-bond acceptors (Lipinski definition) is 6. The molecule has 1 amide bonds. The van der Waals surface area contributed by atoms with E-state index < -0.39 is 0 Å². The molecule has 1 unspecified atom stereocenters. The number of carbonyl (C=O) groups is 1. The molecule has 1 aliphatic rings. The first-order chi connectivity index (χ1) is 11.3. The molecular formula is C16H20N4O3. The number of piperidine rings is 1. The van der Waals surface area contributed by atoms with Crippen LogP contribution in [-0.2, 0) is 11.3 Å². The Morgan fingerprint density at radius 1 is 1.43 bits per heavy atom. The molecule has 3 heterocycles. The zero-order valence-electron chi connectivity index (χ0n) is 13.1. The van der Waals surface area contributed by atoms with E-state index in [0.29, 0.717) is 19.0 Å². The van der Waals surface area contributed by atoms with Gasteiger partial charge >= 0.3 is 0 Å². The van der Waals surface area contributed by atoms with Gasteiger partial charge in [0, 0.05) is 19.2 Å². The third kappa shape index (κ3) is 3.80. The quantitative estimate of drug-likeness (QED) is 0.902. The lowest BCUT2D eigenvalue weighted by Crippen LogP contribution is -2.43. The summed E-state index contributed by atoms with van der Waals surface area (Å²) in [6, 6.07) is 7.31. The molecule has 122 valence electrons. The van der Waals surface area contributed by atoms with Crippen LogP contribution in [0.3, 0.4) is 0 Å². The number of carbonyl (C=O) groups excluding carboxylic acids is 1. The van der Waals surface area contributed by atoms with Crippen molar-refractivity contribution in [2.75, 3.05) is 25.1 Å². The highest BCUT2D eigenvalue weighted by atomic mass is 16.5. The predicted molar refractivity (Wildman–Crippen MR) is 84.1 cm³/mol. The molecule has 2 aromatic rings. The molecular weight excluding hydrogens is 296 g/mol. The fourth-order valence-electron chi connectivity index (χ4n) is 2.72. The number of ether oxygens (including phenoxy) is 1. The number of nitrogens with zero attached hydrogens (tertiary/aromatic N) is 3. The van der Waals surface area contributed by atoms with Crippen LogP contribution in [0.2, 0.25) is 0 Å². The molecule has 1 aliphatic heterocycles. The van der Waals surface area contributed by atoms with Crippen molar-refractivity contribution in [1.82, 2.24) is 15.5 Å². The van der Waals surface area contributed by atoms with Crippen LogP contribution in [0, 0.1) is 5.92 Å². The molecule has 0 radical (unpaired) electrons. The Kier molecular flexibility index (Phi) is 4.75. The molecule has 0 aliphatic carbocycles. The van der Waals surface area contributed by atoms with Gasteiger partial charge in [-0.05, 0) is 31.0 Å². The van der Waals surface area contributed by atoms with Crippen molar-refractivity contribution < 1.29 is 13.9 Å². The van der Waals surface area contributed by atoms with E-state index in [1.165, 1.54) is 0 Å². The third-order valence-corrected chi connectivity index (χ3v) is 3.97. The van der Waals surface area contributed by atoms with Gasteiger partial charge in [-0.2, -0.15) is 0 Å². The summed E-state index contributed by atoms with van der Waals surface area (Å²) in [6.07, 6.45) is 3.43. The molecule has 0 spiro atoms. The summed E-state index contributed by atoms with van der Waals surface area (Å²) in [5, 5.41) is 11.1. The van der Waals surface area contributed by atoms with Gasteiger partial charge < -0.3 is 19.4 Å². The summed E-state index contributed by atoms with van der Waals surface area (Å²) in [5.41, 5.74) is 0. The topological polar surface area (TPSA) is 80.5 Å². The Balaban J connectivity index is 1.57. The lowest BCUT2D eigenvalue weighted by atomic mass is 9.97. The first kappa shape index (κ1) is 15.3. The highest BCUT2D eigenvalue weighted by Gasteiger charge is 2.26. The summed E-state index contributed by atoms with van der Waals surface area (Å²) in [5.74, 6) is 2.01. The van der Waals surface area contributed by atoms with E-state index >= 15 is 0 Å². The minimum absolute atomic E-state index is 0.0487. The molecule has 7 heteroatoms. The molecule has 7 nitrogen and oxygen atoms in total. The van der Waals surface area contributed by atoms with Gasteiger partial charge in [0.25, 0.3) is 0 Å². The monoisotopic (exact) mass is 316 g/mol. The Bertz CT molecular complexity index is 627. The van der Waals surface area contributed by atoms with Gasteiger partial charge in [-0.1, -0.05) is 0 Å². The molecule has 2 aromatic heterocycles. The summed E-state index contributed by atoms with van der Waals surface area (Å²) in [4.78, 5) is 14.4. The second kappa shape index (κ2) is 7.13. The average molecular weight is 316 g/mol. The molecule has 3 rings (SSSR count). The molecule has 23 heavy (non-hydrogen) atoms. The van der Waals surface area contributed by atoms with E-state index in [1.54, 1.807) is 19.4 Å². The van der Waals surface area contributed by atoms with Gasteiger partial charge in [0.05, 0.1) is 25.8 Å². The van der Waals surface area contributed by atoms with Gasteiger partial charge in [0.2, 0.25) is 11.8 Å². The summed E-state index contributed by atoms with van der Waals surface area (Å²) in [7, 11) is 1.56. The second-order valence-electron chi connectivity index (χ2n) is 5.52. The zero-order chi connectivity index (χ0) is 16.1. The highest BCUT2D eigenvalue weighted by molar-refractivity contribution is 5.79. The van der Waals surface area contributed by atoms with Crippen LogP contribution in [0.15, 0.2) is 34.9 Å². The smallest absolute Gasteiger partial charge is 0.233 e. The predicted octanol–water partition coefficient (Wildman–Crippen LogP) is 1.61. The van der Waals surface area contributed by atoms with Gasteiger partial charge in [-0.3, -0.25) is 4.79 Å². The lowest BCUT2D eigenvalue weighted by Gasteiger charge is -2.32. The van der Waals surface area contributed by atoms with Crippen LogP contribution >= 0.6 is 0 Å². The number of furan rings is 1. The molecule has 1 atom stereocenters. The maximum Gasteiger partial charge on any atom is 0.233 e. The van der Waals surface area contributed by atoms with Crippen molar-refractivity contribution in [3.05, 3.63) is 36.3 Å². The number of aromatic nitrogens is 2. The van der Waals surface area contributed by atoms with Crippen LogP contribution in [0.25, 0.3) is 0 Å². The number of anilines is 1. The minimum atomic E-state index is -0.0531. The first-order valence-electron chi connectivity index (χ1n) is 7.69. The van der Waals surface area contributed by atoms with Crippen molar-refractivity contribution >= 4 is 11.7 Å². The zero-order valence-corrected chi connectivity index (χ0v) is 13.1. The van der Waals surface area contributed by atoms with Crippen molar-refractivity contribution in [3.63, 3.8) is 0 Å². The van der Waals surface area contributed by atoms with E-state index in [-0.39, 0.29) is 11.8 Å². The van der Waals surface area contributed by atoms with Crippen molar-refractivity contribution in [1.29, 1.82) is 0 Å². The molecule has 0 bridgehead atoms. The van der Waals surface area contributed by atoms with E-state index in [9.17, 15) is 4.79 Å². The third-order valence-electron chi connectivity index (χ3n) is 3.97. The Morgan fingerprint density at radius 2 is 2.35 bits per heavy atom. The maximum atomic E-state index is 12.3. The van der Waals surface area contributed by atoms with Crippen molar-refractivity contribution in [3.8, 4) is 5.88 Å². The molecule has 1 saturated heterocycles. The average Bonchev–Trinajstić information content (AvgIpc) is 3.13. The van der Waals surface area contributed by atoms with Gasteiger partial charge in [-0.25, -0.2) is 0 Å². The Hall–Kier alpha value is -2.57. The molecule has 0 aromatic carbocycles. The van der Waals surface area contributed by atoms with Crippen molar-refractivity contribution in [2.24, 2.45) is 5.92 Å². The van der Waals surface area contributed by atoms with Crippen LogP contribution in [0.4, 0.5) is 5.82 Å². The standard InChI is InChI=1S/C16H20N4O3/c1-22-15-7-6-14(18-19-15)20-8-2-4-12(11-20)16(21)17-10-13-5-3-9-23-13/h3,5-7,9,12H,2,4,8,10-11H2,1H3,(H,17,21). The highest BCUT2D eigenvalue weighted by Crippen LogP contribution is 2.22. The minimum Gasteiger partial charge on any atom is -0.480 e. The van der Waals surface area contributed by atoms with E-state index in [2.05, 4.69) is 20.4 Å².